The summed E-state index contributed by atoms with van der Waals surface area (Å²) in [6, 6.07) is 1.01. The summed E-state index contributed by atoms with van der Waals surface area (Å²) in [6.45, 7) is -0.169. The van der Waals surface area contributed by atoms with Crippen molar-refractivity contribution in [3.8, 4) is 0 Å². The molecule has 1 N–H and O–H groups in total. The number of hydrogen-bond donors (Lipinski definition) is 1. The lowest BCUT2D eigenvalue weighted by Gasteiger charge is -2.32. The van der Waals surface area contributed by atoms with Gasteiger partial charge in [0, 0.05) is 30.8 Å². The Bertz CT molecular complexity index is 1230. The first-order valence-electron chi connectivity index (χ1n) is 11.0. The van der Waals surface area contributed by atoms with Crippen molar-refractivity contribution in [2.75, 3.05) is 19.6 Å². The number of pyridine rings is 1. The zero-order valence-electron chi connectivity index (χ0n) is 18.1. The third-order valence-corrected chi connectivity index (χ3v) is 7.30. The highest BCUT2D eigenvalue weighted by molar-refractivity contribution is 6.36. The molecule has 2 aromatic heterocycles. The predicted octanol–water partition coefficient (Wildman–Crippen LogP) is 3.76. The molecule has 1 saturated heterocycles. The smallest absolute Gasteiger partial charge is 0.392 e. The topological polar surface area (TPSA) is 78.2 Å². The molecule has 0 spiro atoms. The van der Waals surface area contributed by atoms with Crippen LogP contribution < -0.4 is 0 Å². The molecular formula is C22H20ClF5N4O3. The SMILES string of the molecule is O=C1CN(C(=O)c2nn3c(C(F)(F)F)cc(C(F)F)cc3c2Cl)CCN1/C=C/C1C[C@@H]2C[C@@H]2[C@@H]1O. The van der Waals surface area contributed by atoms with Crippen molar-refractivity contribution in [1.29, 1.82) is 0 Å². The number of aliphatic hydroxyl groups is 1. The minimum absolute atomic E-state index is 0.0241. The molecule has 35 heavy (non-hydrogen) atoms. The molecule has 2 aromatic rings. The number of aromatic nitrogens is 2. The second-order valence-electron chi connectivity index (χ2n) is 9.14. The van der Waals surface area contributed by atoms with E-state index in [2.05, 4.69) is 5.10 Å². The molecule has 0 radical (unpaired) electrons. The molecule has 0 bridgehead atoms. The Balaban J connectivity index is 1.35. The summed E-state index contributed by atoms with van der Waals surface area (Å²) in [5.41, 5.74) is -3.45. The van der Waals surface area contributed by atoms with Gasteiger partial charge in [0.2, 0.25) is 5.91 Å². The predicted molar refractivity (Wildman–Crippen MR) is 113 cm³/mol. The molecule has 5 rings (SSSR count). The second-order valence-corrected chi connectivity index (χ2v) is 9.52. The molecule has 2 saturated carbocycles. The van der Waals surface area contributed by atoms with Gasteiger partial charge in [-0.15, -0.1) is 0 Å². The lowest BCUT2D eigenvalue weighted by Crippen LogP contribution is -2.50. The van der Waals surface area contributed by atoms with Crippen LogP contribution in [0.1, 0.15) is 41.0 Å². The van der Waals surface area contributed by atoms with Gasteiger partial charge in [0.05, 0.1) is 16.6 Å². The highest BCUT2D eigenvalue weighted by Crippen LogP contribution is 2.54. The van der Waals surface area contributed by atoms with Crippen LogP contribution in [0.4, 0.5) is 22.0 Å². The standard InChI is InChI=1S/C22H20ClF5N4O3/c23-17-14-7-12(20(24)25)8-15(22(26,27)28)32(14)29-18(17)21(35)31-4-3-30(16(33)9-31)2-1-10-5-11-6-13(11)19(10)34/h1-2,7-8,10-11,13,19-20,34H,3-6,9H2/b2-1+/t10?,11-,13+,19-/m1/s1. The number of halogens is 6. The summed E-state index contributed by atoms with van der Waals surface area (Å²) in [5, 5.41) is 13.4. The molecule has 7 nitrogen and oxygen atoms in total. The van der Waals surface area contributed by atoms with Gasteiger partial charge in [-0.25, -0.2) is 13.3 Å². The number of fused-ring (bicyclic) bond motifs is 2. The number of rotatable bonds is 4. The average molecular weight is 519 g/mol. The second kappa shape index (κ2) is 8.44. The minimum Gasteiger partial charge on any atom is -0.392 e. The van der Waals surface area contributed by atoms with Gasteiger partial charge >= 0.3 is 6.18 Å². The maximum atomic E-state index is 13.5. The summed E-state index contributed by atoms with van der Waals surface area (Å²) in [6.07, 6.45) is -3.34. The van der Waals surface area contributed by atoms with Gasteiger partial charge in [0.25, 0.3) is 12.3 Å². The van der Waals surface area contributed by atoms with Crippen LogP contribution in [0.3, 0.4) is 0 Å². The molecule has 3 aliphatic rings. The Morgan fingerprint density at radius 1 is 1.23 bits per heavy atom. The van der Waals surface area contributed by atoms with Gasteiger partial charge in [0.1, 0.15) is 12.2 Å². The maximum Gasteiger partial charge on any atom is 0.433 e. The van der Waals surface area contributed by atoms with E-state index in [4.69, 9.17) is 11.6 Å². The minimum atomic E-state index is -5.03. The largest absolute Gasteiger partial charge is 0.433 e. The molecule has 1 aliphatic heterocycles. The molecular weight excluding hydrogens is 499 g/mol. The van der Waals surface area contributed by atoms with Crippen molar-refractivity contribution in [2.45, 2.75) is 31.5 Å². The summed E-state index contributed by atoms with van der Waals surface area (Å²) < 4.78 is 67.0. The summed E-state index contributed by atoms with van der Waals surface area (Å²) in [5.74, 6) is -0.457. The first-order valence-corrected chi connectivity index (χ1v) is 11.4. The Hall–Kier alpha value is -2.73. The van der Waals surface area contributed by atoms with Crippen molar-refractivity contribution in [1.82, 2.24) is 19.4 Å². The van der Waals surface area contributed by atoms with E-state index >= 15 is 0 Å². The molecule has 4 atom stereocenters. The third kappa shape index (κ3) is 4.26. The van der Waals surface area contributed by atoms with Crippen LogP contribution in [0.5, 0.6) is 0 Å². The molecule has 3 fully saturated rings. The van der Waals surface area contributed by atoms with Crippen molar-refractivity contribution in [3.05, 3.63) is 46.4 Å². The van der Waals surface area contributed by atoms with Crippen molar-refractivity contribution >= 4 is 28.9 Å². The fourth-order valence-electron chi connectivity index (χ4n) is 4.94. The number of hydrogen-bond acceptors (Lipinski definition) is 4. The molecule has 13 heteroatoms. The lowest BCUT2D eigenvalue weighted by molar-refractivity contribution is -0.142. The molecule has 1 unspecified atom stereocenters. The zero-order valence-corrected chi connectivity index (χ0v) is 18.8. The maximum absolute atomic E-state index is 13.5. The Labute approximate surface area is 200 Å². The van der Waals surface area contributed by atoms with E-state index in [0.29, 0.717) is 16.4 Å². The molecule has 2 amide bonds. The molecule has 188 valence electrons. The molecule has 3 heterocycles. The highest BCUT2D eigenvalue weighted by Gasteiger charge is 2.52. The van der Waals surface area contributed by atoms with Crippen LogP contribution in [0.25, 0.3) is 5.52 Å². The number of carbonyl (C=O) groups is 2. The number of aliphatic hydroxyl groups excluding tert-OH is 1. The average Bonchev–Trinajstić information content (AvgIpc) is 3.40. The quantitative estimate of drug-likeness (QED) is 0.625. The number of alkyl halides is 5. The normalized spacial score (nSPS) is 26.9. The number of carbonyl (C=O) groups excluding carboxylic acids is 2. The van der Waals surface area contributed by atoms with Gasteiger partial charge in [-0.3, -0.25) is 9.59 Å². The first kappa shape index (κ1) is 24.0. The van der Waals surface area contributed by atoms with E-state index in [9.17, 15) is 36.6 Å². The van der Waals surface area contributed by atoms with Gasteiger partial charge in [-0.1, -0.05) is 17.7 Å². The van der Waals surface area contributed by atoms with E-state index in [0.717, 1.165) is 23.8 Å². The van der Waals surface area contributed by atoms with Crippen LogP contribution in [0.15, 0.2) is 24.4 Å². The van der Waals surface area contributed by atoms with Crippen LogP contribution in [0.2, 0.25) is 5.02 Å². The molecule has 2 aliphatic carbocycles. The van der Waals surface area contributed by atoms with E-state index in [1.807, 2.05) is 0 Å². The lowest BCUT2D eigenvalue weighted by atomic mass is 10.0. The van der Waals surface area contributed by atoms with E-state index in [1.54, 1.807) is 12.3 Å². The highest BCUT2D eigenvalue weighted by atomic mass is 35.5. The molecule has 0 aromatic carbocycles. The number of nitrogens with zero attached hydrogens (tertiary/aromatic N) is 4. The zero-order chi connectivity index (χ0) is 25.2. The Morgan fingerprint density at radius 2 is 1.97 bits per heavy atom. The summed E-state index contributed by atoms with van der Waals surface area (Å²) >= 11 is 6.11. The van der Waals surface area contributed by atoms with E-state index < -0.39 is 58.0 Å². The van der Waals surface area contributed by atoms with Crippen LogP contribution in [-0.2, 0) is 11.0 Å². The van der Waals surface area contributed by atoms with Gasteiger partial charge in [-0.05, 0) is 36.8 Å². The van der Waals surface area contributed by atoms with Crippen molar-refractivity contribution < 1.29 is 36.6 Å². The van der Waals surface area contributed by atoms with Crippen LogP contribution in [0, 0.1) is 17.8 Å². The Kier molecular flexibility index (Phi) is 5.78. The first-order chi connectivity index (χ1) is 16.5. The third-order valence-electron chi connectivity index (χ3n) is 6.93. The Morgan fingerprint density at radius 3 is 2.57 bits per heavy atom. The van der Waals surface area contributed by atoms with Gasteiger partial charge < -0.3 is 14.9 Å². The van der Waals surface area contributed by atoms with Crippen LogP contribution in [-0.4, -0.2) is 62.1 Å². The fraction of sp³-hybridized carbons (Fsp3) is 0.500. The fourth-order valence-corrected chi connectivity index (χ4v) is 5.20. The number of amides is 2. The van der Waals surface area contributed by atoms with E-state index in [-0.39, 0.29) is 31.6 Å². The summed E-state index contributed by atoms with van der Waals surface area (Å²) in [4.78, 5) is 28.1. The number of piperazine rings is 1. The van der Waals surface area contributed by atoms with Crippen LogP contribution >= 0.6 is 11.6 Å². The van der Waals surface area contributed by atoms with Gasteiger partial charge in [0.15, 0.2) is 5.69 Å². The summed E-state index contributed by atoms with van der Waals surface area (Å²) in [7, 11) is 0. The van der Waals surface area contributed by atoms with Gasteiger partial charge in [-0.2, -0.15) is 18.3 Å². The van der Waals surface area contributed by atoms with Crippen molar-refractivity contribution in [2.24, 2.45) is 17.8 Å². The van der Waals surface area contributed by atoms with Crippen molar-refractivity contribution in [3.63, 3.8) is 0 Å². The van der Waals surface area contributed by atoms with E-state index in [1.165, 1.54) is 4.90 Å². The monoisotopic (exact) mass is 518 g/mol.